The molecule has 0 aromatic carbocycles. The maximum Gasteiger partial charge on any atom is 0.312 e. The third kappa shape index (κ3) is 3.79. The first kappa shape index (κ1) is 15.4. The molecule has 5 heteroatoms. The Morgan fingerprint density at radius 2 is 2.35 bits per heavy atom. The van der Waals surface area contributed by atoms with E-state index in [4.69, 9.17) is 4.74 Å². The van der Waals surface area contributed by atoms with Crippen molar-refractivity contribution in [1.29, 1.82) is 0 Å². The van der Waals surface area contributed by atoms with Crippen molar-refractivity contribution >= 4 is 21.9 Å². The van der Waals surface area contributed by atoms with Gasteiger partial charge in [-0.05, 0) is 67.3 Å². The topological polar surface area (TPSA) is 42.4 Å². The van der Waals surface area contributed by atoms with Gasteiger partial charge in [0.2, 0.25) is 0 Å². The van der Waals surface area contributed by atoms with Crippen LogP contribution in [-0.2, 0) is 16.0 Å². The average molecular weight is 341 g/mol. The fourth-order valence-electron chi connectivity index (χ4n) is 2.73. The van der Waals surface area contributed by atoms with Crippen molar-refractivity contribution < 1.29 is 9.53 Å². The zero-order valence-corrected chi connectivity index (χ0v) is 13.6. The molecule has 0 amide bonds. The smallest absolute Gasteiger partial charge is 0.312 e. The Labute approximate surface area is 128 Å². The lowest BCUT2D eigenvalue weighted by Crippen LogP contribution is -2.33. The van der Waals surface area contributed by atoms with E-state index in [0.717, 1.165) is 49.2 Å². The monoisotopic (exact) mass is 340 g/mol. The fraction of sp³-hybridized carbons (Fsp3) is 0.600. The molecule has 20 heavy (non-hydrogen) atoms. The quantitative estimate of drug-likeness (QED) is 0.610. The molecule has 4 nitrogen and oxygen atoms in total. The van der Waals surface area contributed by atoms with Crippen LogP contribution in [0.2, 0.25) is 0 Å². The zero-order valence-electron chi connectivity index (χ0n) is 12.1. The van der Waals surface area contributed by atoms with Crippen molar-refractivity contribution in [2.75, 3.05) is 26.7 Å². The van der Waals surface area contributed by atoms with Crippen LogP contribution in [0, 0.1) is 5.41 Å². The Bertz CT molecular complexity index is 481. The first-order chi connectivity index (χ1) is 9.53. The van der Waals surface area contributed by atoms with Crippen LogP contribution in [0.1, 0.15) is 25.5 Å². The number of methoxy groups -OCH3 is 1. The first-order valence-electron chi connectivity index (χ1n) is 6.96. The predicted molar refractivity (Wildman–Crippen MR) is 81.4 cm³/mol. The van der Waals surface area contributed by atoms with Gasteiger partial charge in [-0.25, -0.2) is 4.98 Å². The molecular weight excluding hydrogens is 320 g/mol. The second-order valence-electron chi connectivity index (χ2n) is 5.63. The second kappa shape index (κ2) is 6.68. The van der Waals surface area contributed by atoms with E-state index in [9.17, 15) is 4.79 Å². The molecule has 0 N–H and O–H groups in total. The molecule has 1 aromatic rings. The number of esters is 1. The summed E-state index contributed by atoms with van der Waals surface area (Å²) in [7, 11) is 1.47. The van der Waals surface area contributed by atoms with Crippen LogP contribution < -0.4 is 0 Å². The summed E-state index contributed by atoms with van der Waals surface area (Å²) < 4.78 is 5.78. The first-order valence-corrected chi connectivity index (χ1v) is 7.75. The van der Waals surface area contributed by atoms with Crippen molar-refractivity contribution in [3.63, 3.8) is 0 Å². The third-order valence-electron chi connectivity index (χ3n) is 3.91. The molecule has 2 rings (SSSR count). The van der Waals surface area contributed by atoms with Crippen molar-refractivity contribution in [1.82, 2.24) is 9.88 Å². The number of ether oxygens (including phenoxy) is 1. The molecule has 1 aliphatic rings. The minimum atomic E-state index is -0.331. The van der Waals surface area contributed by atoms with Crippen LogP contribution in [0.3, 0.4) is 0 Å². The number of aromatic nitrogens is 1. The lowest BCUT2D eigenvalue weighted by Gasteiger charge is -2.21. The molecule has 1 aliphatic heterocycles. The van der Waals surface area contributed by atoms with Crippen LogP contribution in [-0.4, -0.2) is 42.6 Å². The van der Waals surface area contributed by atoms with Gasteiger partial charge in [-0.1, -0.05) is 6.07 Å². The highest BCUT2D eigenvalue weighted by Gasteiger charge is 2.40. The maximum absolute atomic E-state index is 11.8. The van der Waals surface area contributed by atoms with Gasteiger partial charge in [0.15, 0.2) is 0 Å². The molecule has 110 valence electrons. The molecule has 1 saturated heterocycles. The number of pyridine rings is 1. The summed E-state index contributed by atoms with van der Waals surface area (Å²) in [4.78, 5) is 18.5. The molecule has 1 unspecified atom stereocenters. The number of aryl methyl sites for hydroxylation is 1. The summed E-state index contributed by atoms with van der Waals surface area (Å²) in [5.41, 5.74) is 0.775. The summed E-state index contributed by atoms with van der Waals surface area (Å²) >= 11 is 3.39. The largest absolute Gasteiger partial charge is 0.469 e. The van der Waals surface area contributed by atoms with Gasteiger partial charge in [0.1, 0.15) is 4.60 Å². The fourth-order valence-corrected chi connectivity index (χ4v) is 3.11. The van der Waals surface area contributed by atoms with E-state index < -0.39 is 0 Å². The normalized spacial score (nSPS) is 22.9. The van der Waals surface area contributed by atoms with Gasteiger partial charge in [0.25, 0.3) is 0 Å². The molecular formula is C15H21BrN2O2. The lowest BCUT2D eigenvalue weighted by molar-refractivity contribution is -0.150. The molecule has 0 spiro atoms. The number of halogens is 1. The van der Waals surface area contributed by atoms with Crippen LogP contribution in [0.5, 0.6) is 0 Å². The molecule has 0 radical (unpaired) electrons. The van der Waals surface area contributed by atoms with Crippen molar-refractivity contribution in [2.24, 2.45) is 5.41 Å². The van der Waals surface area contributed by atoms with Gasteiger partial charge in [-0.2, -0.15) is 0 Å². The summed E-state index contributed by atoms with van der Waals surface area (Å²) in [6, 6.07) is 6.00. The van der Waals surface area contributed by atoms with E-state index in [1.165, 1.54) is 7.11 Å². The number of hydrogen-bond donors (Lipinski definition) is 0. The van der Waals surface area contributed by atoms with Crippen molar-refractivity contribution in [3.05, 3.63) is 28.5 Å². The summed E-state index contributed by atoms with van der Waals surface area (Å²) in [5.74, 6) is -0.0892. The van der Waals surface area contributed by atoms with Crippen LogP contribution in [0.4, 0.5) is 0 Å². The Morgan fingerprint density at radius 3 is 3.05 bits per heavy atom. The predicted octanol–water partition coefficient (Wildman–Crippen LogP) is 2.66. The Balaban J connectivity index is 1.77. The van der Waals surface area contributed by atoms with E-state index in [-0.39, 0.29) is 11.4 Å². The number of hydrogen-bond acceptors (Lipinski definition) is 4. The molecule has 0 saturated carbocycles. The Morgan fingerprint density at radius 1 is 1.55 bits per heavy atom. The number of carbonyl (C=O) groups is 1. The number of likely N-dealkylation sites (tertiary alicyclic amines) is 1. The Hall–Kier alpha value is -0.940. The van der Waals surface area contributed by atoms with Crippen molar-refractivity contribution in [3.8, 4) is 0 Å². The number of nitrogens with zero attached hydrogens (tertiary/aromatic N) is 2. The minimum Gasteiger partial charge on any atom is -0.469 e. The van der Waals surface area contributed by atoms with E-state index in [1.807, 2.05) is 25.1 Å². The van der Waals surface area contributed by atoms with Gasteiger partial charge < -0.3 is 9.64 Å². The zero-order chi connectivity index (χ0) is 14.6. The number of carbonyl (C=O) groups excluding carboxylic acids is 1. The van der Waals surface area contributed by atoms with Crippen LogP contribution in [0.15, 0.2) is 22.8 Å². The summed E-state index contributed by atoms with van der Waals surface area (Å²) in [5, 5.41) is 0. The van der Waals surface area contributed by atoms with Gasteiger partial charge in [-0.3, -0.25) is 4.79 Å². The average Bonchev–Trinajstić information content (AvgIpc) is 2.81. The van der Waals surface area contributed by atoms with E-state index >= 15 is 0 Å². The van der Waals surface area contributed by atoms with E-state index in [0.29, 0.717) is 0 Å². The summed E-state index contributed by atoms with van der Waals surface area (Å²) in [6.07, 6.45) is 2.90. The van der Waals surface area contributed by atoms with Crippen LogP contribution in [0.25, 0.3) is 0 Å². The van der Waals surface area contributed by atoms with Gasteiger partial charge >= 0.3 is 5.97 Å². The minimum absolute atomic E-state index is 0.0892. The van der Waals surface area contributed by atoms with E-state index in [1.54, 1.807) is 0 Å². The molecule has 2 heterocycles. The van der Waals surface area contributed by atoms with Gasteiger partial charge in [0, 0.05) is 12.2 Å². The Kier molecular flexibility index (Phi) is 5.16. The lowest BCUT2D eigenvalue weighted by atomic mass is 9.90. The third-order valence-corrected chi connectivity index (χ3v) is 4.35. The number of rotatable bonds is 5. The van der Waals surface area contributed by atoms with Gasteiger partial charge in [0.05, 0.1) is 12.5 Å². The highest BCUT2D eigenvalue weighted by Crippen LogP contribution is 2.31. The molecule has 0 bridgehead atoms. The van der Waals surface area contributed by atoms with Crippen LogP contribution >= 0.6 is 15.9 Å². The van der Waals surface area contributed by atoms with Crippen molar-refractivity contribution in [2.45, 2.75) is 26.2 Å². The maximum atomic E-state index is 11.8. The molecule has 1 fully saturated rings. The highest BCUT2D eigenvalue weighted by molar-refractivity contribution is 9.10. The second-order valence-corrected chi connectivity index (χ2v) is 6.45. The summed E-state index contributed by atoms with van der Waals surface area (Å²) in [6.45, 7) is 4.76. The highest BCUT2D eigenvalue weighted by atomic mass is 79.9. The SMILES string of the molecule is COC(=O)C1(C)CCN(CCCc2cccc(Br)n2)C1. The molecule has 1 atom stereocenters. The standard InChI is InChI=1S/C15H21BrN2O2/c1-15(14(19)20-2)8-10-18(11-15)9-4-6-12-5-3-7-13(16)17-12/h3,5,7H,4,6,8-11H2,1-2H3. The van der Waals surface area contributed by atoms with Gasteiger partial charge in [-0.15, -0.1) is 0 Å². The molecule has 1 aromatic heterocycles. The molecule has 0 aliphatic carbocycles. The van der Waals surface area contributed by atoms with E-state index in [2.05, 4.69) is 25.8 Å².